The molecule has 0 bridgehead atoms. The Hall–Kier alpha value is -3.16. The number of benzene rings is 2. The third-order valence-corrected chi connectivity index (χ3v) is 9.13. The summed E-state index contributed by atoms with van der Waals surface area (Å²) in [4.78, 5) is 46.2. The van der Waals surface area contributed by atoms with E-state index < -0.39 is 5.92 Å². The fourth-order valence-electron chi connectivity index (χ4n) is 5.53. The van der Waals surface area contributed by atoms with Crippen LogP contribution in [0.5, 0.6) is 0 Å². The van der Waals surface area contributed by atoms with Crippen molar-refractivity contribution in [2.24, 2.45) is 5.92 Å². The Bertz CT molecular complexity index is 1340. The molecule has 1 aromatic heterocycles. The van der Waals surface area contributed by atoms with Crippen molar-refractivity contribution in [2.45, 2.75) is 84.1 Å². The maximum Gasteiger partial charge on any atom is 0.224 e. The van der Waals surface area contributed by atoms with Gasteiger partial charge >= 0.3 is 0 Å². The molecule has 4 rings (SSSR count). The average molecular weight is 588 g/mol. The van der Waals surface area contributed by atoms with Gasteiger partial charge in [0, 0.05) is 38.3 Å². The molecule has 1 aliphatic heterocycles. The number of carbonyl (C=O) groups is 3. The number of rotatable bonds is 16. The minimum Gasteiger partial charge on any atom is -0.353 e. The summed E-state index contributed by atoms with van der Waals surface area (Å²) >= 11 is 1.60. The van der Waals surface area contributed by atoms with Crippen molar-refractivity contribution in [3.63, 3.8) is 0 Å². The molecule has 7 heteroatoms. The molecule has 42 heavy (non-hydrogen) atoms. The molecule has 0 radical (unpaired) electrons. The Morgan fingerprint density at radius 3 is 2.52 bits per heavy atom. The lowest BCUT2D eigenvalue weighted by atomic mass is 9.94. The number of Topliss-reactive ketones (excluding diaryl/α,β-unsaturated/α-hetero) is 1. The van der Waals surface area contributed by atoms with Gasteiger partial charge in [-0.15, -0.1) is 11.3 Å². The van der Waals surface area contributed by atoms with Crippen molar-refractivity contribution in [3.8, 4) is 0 Å². The number of aryl methyl sites for hydroxylation is 1. The second-order valence-electron chi connectivity index (χ2n) is 11.4. The Kier molecular flexibility index (Phi) is 12.5. The molecule has 0 aliphatic carbocycles. The summed E-state index contributed by atoms with van der Waals surface area (Å²) in [6, 6.07) is 16.1. The van der Waals surface area contributed by atoms with Crippen LogP contribution >= 0.6 is 11.3 Å². The minimum atomic E-state index is -0.498. The number of ketones is 2. The molecule has 1 N–H and O–H groups in total. The summed E-state index contributed by atoms with van der Waals surface area (Å²) < 4.78 is 1.11. The van der Waals surface area contributed by atoms with E-state index in [4.69, 9.17) is 4.98 Å². The highest BCUT2D eigenvalue weighted by molar-refractivity contribution is 7.18. The number of likely N-dealkylation sites (tertiary alicyclic amines) is 1. The van der Waals surface area contributed by atoms with Crippen LogP contribution in [0.2, 0.25) is 0 Å². The highest BCUT2D eigenvalue weighted by Crippen LogP contribution is 2.27. The van der Waals surface area contributed by atoms with Gasteiger partial charge in [0.2, 0.25) is 5.91 Å². The first-order chi connectivity index (χ1) is 20.4. The minimum absolute atomic E-state index is 0.0677. The average Bonchev–Trinajstić information content (AvgIpc) is 3.42. The van der Waals surface area contributed by atoms with Crippen LogP contribution in [0, 0.1) is 5.92 Å². The summed E-state index contributed by atoms with van der Waals surface area (Å²) in [5, 5.41) is 4.10. The number of hydrogen-bond donors (Lipinski definition) is 1. The van der Waals surface area contributed by atoms with Crippen LogP contribution < -0.4 is 5.32 Å². The van der Waals surface area contributed by atoms with Crippen LogP contribution in [0.1, 0.15) is 74.9 Å². The number of amides is 1. The lowest BCUT2D eigenvalue weighted by molar-refractivity contribution is -0.130. The molecule has 1 saturated heterocycles. The highest BCUT2D eigenvalue weighted by atomic mass is 32.1. The van der Waals surface area contributed by atoms with Crippen molar-refractivity contribution in [1.29, 1.82) is 0 Å². The van der Waals surface area contributed by atoms with Gasteiger partial charge in [0.25, 0.3) is 0 Å². The van der Waals surface area contributed by atoms with Crippen LogP contribution in [-0.4, -0.2) is 53.0 Å². The van der Waals surface area contributed by atoms with Crippen molar-refractivity contribution in [1.82, 2.24) is 15.2 Å². The molecule has 1 fully saturated rings. The second kappa shape index (κ2) is 16.5. The number of piperidine rings is 1. The first-order valence-corrected chi connectivity index (χ1v) is 16.4. The molecule has 1 amide bonds. The molecule has 1 aliphatic rings. The van der Waals surface area contributed by atoms with Crippen molar-refractivity contribution >= 4 is 39.0 Å². The van der Waals surface area contributed by atoms with E-state index in [2.05, 4.69) is 29.3 Å². The molecule has 2 aromatic carbocycles. The van der Waals surface area contributed by atoms with Crippen molar-refractivity contribution in [2.75, 3.05) is 19.6 Å². The van der Waals surface area contributed by atoms with E-state index in [1.54, 1.807) is 17.4 Å². The van der Waals surface area contributed by atoms with Gasteiger partial charge in [-0.3, -0.25) is 19.3 Å². The molecule has 3 aromatic rings. The standard InChI is InChI=1S/C35H45N3O3S/c1-3-26-15-18-32-33(23-26)42-34(37-32)25-28(24-30(39)4-2)35(41)36-29(22-27-12-7-5-8-13-27)16-17-31(40)14-11-21-38-19-9-6-10-20-38/h5,7-8,11-15,18,23,28-29H,3-4,6,9-10,16-17,19-22,24-25H2,1-2H3,(H,36,41)/b14-11+/t28-,29+/m0/s1. The van der Waals surface area contributed by atoms with Crippen LogP contribution in [0.4, 0.5) is 0 Å². The smallest absolute Gasteiger partial charge is 0.224 e. The quantitative estimate of drug-likeness (QED) is 0.193. The predicted octanol–water partition coefficient (Wildman–Crippen LogP) is 6.51. The fraction of sp³-hybridized carbons (Fsp3) is 0.486. The summed E-state index contributed by atoms with van der Waals surface area (Å²) in [6.07, 6.45) is 10.9. The molecule has 0 saturated carbocycles. The summed E-state index contributed by atoms with van der Waals surface area (Å²) in [7, 11) is 0. The van der Waals surface area contributed by atoms with Crippen molar-refractivity contribution in [3.05, 3.63) is 76.8 Å². The summed E-state index contributed by atoms with van der Waals surface area (Å²) in [5.74, 6) is -0.488. The SMILES string of the molecule is CCC(=O)C[C@@H](Cc1nc2ccc(CC)cc2s1)C(=O)N[C@H](CCC(=O)/C=C/CN1CCCCC1)Cc1ccccc1. The van der Waals surface area contributed by atoms with E-state index in [-0.39, 0.29) is 29.9 Å². The van der Waals surface area contributed by atoms with E-state index in [1.165, 1.54) is 24.8 Å². The normalized spacial score (nSPS) is 15.6. The molecule has 2 atom stereocenters. The number of thiazole rings is 1. The van der Waals surface area contributed by atoms with E-state index in [0.717, 1.165) is 46.8 Å². The van der Waals surface area contributed by atoms with Gasteiger partial charge in [-0.1, -0.05) is 62.7 Å². The van der Waals surface area contributed by atoms with Gasteiger partial charge in [0.05, 0.1) is 21.1 Å². The van der Waals surface area contributed by atoms with Crippen LogP contribution in [0.25, 0.3) is 10.2 Å². The van der Waals surface area contributed by atoms with Gasteiger partial charge in [0.1, 0.15) is 5.78 Å². The number of nitrogens with one attached hydrogen (secondary N) is 1. The first-order valence-electron chi connectivity index (χ1n) is 15.6. The zero-order valence-electron chi connectivity index (χ0n) is 25.1. The fourth-order valence-corrected chi connectivity index (χ4v) is 6.64. The molecule has 224 valence electrons. The Morgan fingerprint density at radius 1 is 1.00 bits per heavy atom. The van der Waals surface area contributed by atoms with Gasteiger partial charge in [-0.2, -0.15) is 0 Å². The Balaban J connectivity index is 1.42. The molecule has 0 spiro atoms. The zero-order chi connectivity index (χ0) is 29.7. The number of fused-ring (bicyclic) bond motifs is 1. The van der Waals surface area contributed by atoms with E-state index in [1.807, 2.05) is 49.4 Å². The van der Waals surface area contributed by atoms with Crippen LogP contribution in [-0.2, 0) is 33.6 Å². The topological polar surface area (TPSA) is 79.4 Å². The first kappa shape index (κ1) is 31.8. The van der Waals surface area contributed by atoms with Gasteiger partial charge in [-0.25, -0.2) is 4.98 Å². The largest absolute Gasteiger partial charge is 0.353 e. The summed E-state index contributed by atoms with van der Waals surface area (Å²) in [5.41, 5.74) is 3.30. The Labute approximate surface area is 254 Å². The maximum absolute atomic E-state index is 13.7. The number of aromatic nitrogens is 1. The second-order valence-corrected chi connectivity index (χ2v) is 12.5. The molecule has 0 unspecified atom stereocenters. The monoisotopic (exact) mass is 587 g/mol. The molecular weight excluding hydrogens is 542 g/mol. The zero-order valence-corrected chi connectivity index (χ0v) is 26.0. The van der Waals surface area contributed by atoms with Gasteiger partial charge in [0.15, 0.2) is 5.78 Å². The number of allylic oxidation sites excluding steroid dienone is 1. The molecule has 2 heterocycles. The third-order valence-electron chi connectivity index (χ3n) is 8.09. The van der Waals surface area contributed by atoms with Crippen LogP contribution in [0.15, 0.2) is 60.7 Å². The summed E-state index contributed by atoms with van der Waals surface area (Å²) in [6.45, 7) is 6.98. The lowest BCUT2D eigenvalue weighted by Gasteiger charge is -2.24. The molecular formula is C35H45N3O3S. The Morgan fingerprint density at radius 2 is 1.79 bits per heavy atom. The van der Waals surface area contributed by atoms with Crippen LogP contribution in [0.3, 0.4) is 0 Å². The van der Waals surface area contributed by atoms with E-state index >= 15 is 0 Å². The number of hydrogen-bond acceptors (Lipinski definition) is 6. The molecule has 6 nitrogen and oxygen atoms in total. The van der Waals surface area contributed by atoms with Gasteiger partial charge < -0.3 is 5.32 Å². The van der Waals surface area contributed by atoms with E-state index in [9.17, 15) is 14.4 Å². The number of carbonyl (C=O) groups excluding carboxylic acids is 3. The van der Waals surface area contributed by atoms with E-state index in [0.29, 0.717) is 32.1 Å². The third kappa shape index (κ3) is 9.99. The van der Waals surface area contributed by atoms with Gasteiger partial charge in [-0.05, 0) is 74.5 Å². The lowest BCUT2D eigenvalue weighted by Crippen LogP contribution is -2.41. The maximum atomic E-state index is 13.7. The highest BCUT2D eigenvalue weighted by Gasteiger charge is 2.26. The number of nitrogens with zero attached hydrogens (tertiary/aromatic N) is 2. The van der Waals surface area contributed by atoms with Crippen molar-refractivity contribution < 1.29 is 14.4 Å². The predicted molar refractivity (Wildman–Crippen MR) is 172 cm³/mol.